The Morgan fingerprint density at radius 2 is 2.04 bits per heavy atom. The summed E-state index contributed by atoms with van der Waals surface area (Å²) >= 11 is 0. The molecule has 1 saturated heterocycles. The molecule has 0 spiro atoms. The minimum atomic E-state index is -3.65. The number of ether oxygens (including phenoxy) is 1. The lowest BCUT2D eigenvalue weighted by Crippen LogP contribution is -2.49. The maximum Gasteiger partial charge on any atom is 0.274 e. The Labute approximate surface area is 135 Å². The smallest absolute Gasteiger partial charge is 0.274 e. The van der Waals surface area contributed by atoms with Gasteiger partial charge in [0.1, 0.15) is 5.75 Å². The van der Waals surface area contributed by atoms with Crippen molar-refractivity contribution in [2.45, 2.75) is 23.5 Å². The number of benzene rings is 1. The van der Waals surface area contributed by atoms with Crippen LogP contribution >= 0.6 is 0 Å². The van der Waals surface area contributed by atoms with Gasteiger partial charge in [0.25, 0.3) is 10.0 Å². The summed E-state index contributed by atoms with van der Waals surface area (Å²) < 4.78 is 37.7. The van der Waals surface area contributed by atoms with Crippen LogP contribution in [0, 0.1) is 0 Å². The van der Waals surface area contributed by atoms with Crippen molar-refractivity contribution < 1.29 is 17.6 Å². The maximum absolute atomic E-state index is 12.4. The largest absolute Gasteiger partial charge is 0.497 e. The molecule has 0 saturated carbocycles. The van der Waals surface area contributed by atoms with E-state index in [9.17, 15) is 8.42 Å². The number of sulfonamides is 1. The molecule has 1 aliphatic heterocycles. The van der Waals surface area contributed by atoms with Gasteiger partial charge < -0.3 is 14.5 Å². The summed E-state index contributed by atoms with van der Waals surface area (Å²) in [7, 11) is -2.03. The van der Waals surface area contributed by atoms with Gasteiger partial charge >= 0.3 is 0 Å². The maximum atomic E-state index is 12.4. The zero-order valence-electron chi connectivity index (χ0n) is 12.9. The molecule has 124 valence electrons. The van der Waals surface area contributed by atoms with Gasteiger partial charge in [0.15, 0.2) is 0 Å². The van der Waals surface area contributed by atoms with Gasteiger partial charge in [0, 0.05) is 18.5 Å². The second-order valence-electron chi connectivity index (χ2n) is 5.53. The summed E-state index contributed by atoms with van der Waals surface area (Å²) in [5.74, 6) is 0.891. The van der Waals surface area contributed by atoms with Gasteiger partial charge in [-0.2, -0.15) is 0 Å². The zero-order chi connectivity index (χ0) is 16.3. The van der Waals surface area contributed by atoms with E-state index < -0.39 is 10.0 Å². The third kappa shape index (κ3) is 3.57. The molecular formula is C16H20N2O4S. The SMILES string of the molecule is COc1ccc(C2CCNCC2NS(=O)(=O)c2ccco2)cc1. The fraction of sp³-hybridized carbons (Fsp3) is 0.375. The minimum absolute atomic E-state index is 0.0587. The molecule has 2 N–H and O–H groups in total. The Balaban J connectivity index is 1.81. The molecule has 3 rings (SSSR count). The normalized spacial score (nSPS) is 22.0. The first-order valence-corrected chi connectivity index (χ1v) is 8.99. The van der Waals surface area contributed by atoms with Crippen molar-refractivity contribution in [2.24, 2.45) is 0 Å². The van der Waals surface area contributed by atoms with Crippen LogP contribution in [-0.4, -0.2) is 34.7 Å². The van der Waals surface area contributed by atoms with E-state index in [1.807, 2.05) is 24.3 Å². The average Bonchev–Trinajstić information content (AvgIpc) is 3.11. The van der Waals surface area contributed by atoms with Crippen molar-refractivity contribution in [3.8, 4) is 5.75 Å². The first kappa shape index (κ1) is 16.0. The molecule has 2 atom stereocenters. The van der Waals surface area contributed by atoms with E-state index in [0.717, 1.165) is 24.3 Å². The van der Waals surface area contributed by atoms with Gasteiger partial charge in [0.2, 0.25) is 5.09 Å². The van der Waals surface area contributed by atoms with Crippen LogP contribution in [0.25, 0.3) is 0 Å². The van der Waals surface area contributed by atoms with Gasteiger partial charge in [-0.15, -0.1) is 0 Å². The van der Waals surface area contributed by atoms with Gasteiger partial charge in [-0.1, -0.05) is 12.1 Å². The number of rotatable bonds is 5. The highest BCUT2D eigenvalue weighted by Gasteiger charge is 2.31. The summed E-state index contributed by atoms with van der Waals surface area (Å²) in [6, 6.07) is 10.6. The Hall–Kier alpha value is -1.83. The van der Waals surface area contributed by atoms with E-state index in [4.69, 9.17) is 9.15 Å². The summed E-state index contributed by atoms with van der Waals surface area (Å²) in [6.45, 7) is 1.44. The topological polar surface area (TPSA) is 80.6 Å². The van der Waals surface area contributed by atoms with E-state index >= 15 is 0 Å². The molecule has 0 bridgehead atoms. The predicted octanol–water partition coefficient (Wildman–Crippen LogP) is 1.71. The van der Waals surface area contributed by atoms with Crippen LogP contribution in [0.2, 0.25) is 0 Å². The molecule has 2 heterocycles. The summed E-state index contributed by atoms with van der Waals surface area (Å²) in [4.78, 5) is 0. The second-order valence-corrected chi connectivity index (χ2v) is 7.18. The summed E-state index contributed by atoms with van der Waals surface area (Å²) in [5, 5.41) is 3.18. The van der Waals surface area contributed by atoms with Crippen molar-refractivity contribution in [1.29, 1.82) is 0 Å². The Bertz CT molecular complexity index is 726. The summed E-state index contributed by atoms with van der Waals surface area (Å²) in [5.41, 5.74) is 1.10. The third-order valence-corrected chi connectivity index (χ3v) is 5.47. The van der Waals surface area contributed by atoms with Gasteiger partial charge in [0.05, 0.1) is 13.4 Å². The number of methoxy groups -OCH3 is 1. The molecule has 1 aromatic carbocycles. The molecule has 1 aromatic heterocycles. The van der Waals surface area contributed by atoms with E-state index in [0.29, 0.717) is 6.54 Å². The number of furan rings is 1. The van der Waals surface area contributed by atoms with Crippen LogP contribution in [0.5, 0.6) is 5.75 Å². The fourth-order valence-corrected chi connectivity index (χ4v) is 4.11. The first-order chi connectivity index (χ1) is 11.1. The van der Waals surface area contributed by atoms with Crippen LogP contribution in [-0.2, 0) is 10.0 Å². The average molecular weight is 336 g/mol. The van der Waals surface area contributed by atoms with Crippen molar-refractivity contribution in [3.05, 3.63) is 48.2 Å². The predicted molar refractivity (Wildman–Crippen MR) is 86.0 cm³/mol. The van der Waals surface area contributed by atoms with E-state index in [-0.39, 0.29) is 17.1 Å². The molecule has 23 heavy (non-hydrogen) atoms. The molecule has 0 aliphatic carbocycles. The van der Waals surface area contributed by atoms with Crippen molar-refractivity contribution in [1.82, 2.24) is 10.0 Å². The first-order valence-electron chi connectivity index (χ1n) is 7.50. The number of hydrogen-bond acceptors (Lipinski definition) is 5. The number of piperidine rings is 1. The highest BCUT2D eigenvalue weighted by molar-refractivity contribution is 7.89. The second kappa shape index (κ2) is 6.74. The molecule has 0 radical (unpaired) electrons. The quantitative estimate of drug-likeness (QED) is 0.869. The zero-order valence-corrected chi connectivity index (χ0v) is 13.7. The van der Waals surface area contributed by atoms with E-state index in [1.54, 1.807) is 13.2 Å². The molecule has 7 heteroatoms. The highest BCUT2D eigenvalue weighted by Crippen LogP contribution is 2.28. The standard InChI is InChI=1S/C16H20N2O4S/c1-21-13-6-4-12(5-7-13)14-8-9-17-11-15(14)18-23(19,20)16-3-2-10-22-16/h2-7,10,14-15,17-18H,8-9,11H2,1H3. The van der Waals surface area contributed by atoms with Crippen LogP contribution in [0.15, 0.2) is 52.2 Å². The molecule has 2 unspecified atom stereocenters. The molecule has 2 aromatic rings. The lowest BCUT2D eigenvalue weighted by Gasteiger charge is -2.32. The van der Waals surface area contributed by atoms with Crippen LogP contribution in [0.4, 0.5) is 0 Å². The van der Waals surface area contributed by atoms with E-state index in [2.05, 4.69) is 10.0 Å². The molecular weight excluding hydrogens is 316 g/mol. The summed E-state index contributed by atoms with van der Waals surface area (Å²) in [6.07, 6.45) is 2.21. The monoisotopic (exact) mass is 336 g/mol. The van der Waals surface area contributed by atoms with Crippen molar-refractivity contribution in [3.63, 3.8) is 0 Å². The lowest BCUT2D eigenvalue weighted by atomic mass is 9.86. The van der Waals surface area contributed by atoms with Crippen molar-refractivity contribution >= 4 is 10.0 Å². The van der Waals surface area contributed by atoms with Crippen LogP contribution in [0.3, 0.4) is 0 Å². The Morgan fingerprint density at radius 1 is 1.26 bits per heavy atom. The fourth-order valence-electron chi connectivity index (χ4n) is 2.91. The molecule has 1 aliphatic rings. The van der Waals surface area contributed by atoms with Crippen LogP contribution in [0.1, 0.15) is 17.9 Å². The number of hydrogen-bond donors (Lipinski definition) is 2. The highest BCUT2D eigenvalue weighted by atomic mass is 32.2. The number of nitrogens with one attached hydrogen (secondary N) is 2. The Kier molecular flexibility index (Phi) is 4.70. The third-order valence-electron chi connectivity index (χ3n) is 4.09. The minimum Gasteiger partial charge on any atom is -0.497 e. The van der Waals surface area contributed by atoms with Gasteiger partial charge in [-0.25, -0.2) is 13.1 Å². The molecule has 0 amide bonds. The van der Waals surface area contributed by atoms with Crippen LogP contribution < -0.4 is 14.8 Å². The van der Waals surface area contributed by atoms with Gasteiger partial charge in [-0.3, -0.25) is 0 Å². The molecule has 6 nitrogen and oxygen atoms in total. The van der Waals surface area contributed by atoms with Crippen molar-refractivity contribution in [2.75, 3.05) is 20.2 Å². The molecule has 1 fully saturated rings. The van der Waals surface area contributed by atoms with Gasteiger partial charge in [-0.05, 0) is 42.8 Å². The van der Waals surface area contributed by atoms with E-state index in [1.165, 1.54) is 12.3 Å². The Morgan fingerprint density at radius 3 is 2.70 bits per heavy atom. The lowest BCUT2D eigenvalue weighted by molar-refractivity contribution is 0.371.